The lowest BCUT2D eigenvalue weighted by Gasteiger charge is -2.19. The number of hydrogen-bond donors (Lipinski definition) is 3. The second-order valence-corrected chi connectivity index (χ2v) is 3.97. The molecule has 1 rings (SSSR count). The third kappa shape index (κ3) is 2.88. The van der Waals surface area contributed by atoms with Crippen LogP contribution in [0.25, 0.3) is 0 Å². The van der Waals surface area contributed by atoms with Gasteiger partial charge in [-0.05, 0) is 23.6 Å². The molecule has 1 aromatic rings. The monoisotopic (exact) mass is 278 g/mol. The van der Waals surface area contributed by atoms with Gasteiger partial charge in [0.25, 0.3) is 0 Å². The molecule has 0 aliphatic carbocycles. The van der Waals surface area contributed by atoms with E-state index in [1.54, 1.807) is 6.92 Å². The number of hydrogen-bond acceptors (Lipinski definition) is 7. The van der Waals surface area contributed by atoms with Gasteiger partial charge in [0.2, 0.25) is 12.2 Å². The zero-order valence-electron chi connectivity index (χ0n) is 10.9. The van der Waals surface area contributed by atoms with Crippen molar-refractivity contribution in [1.29, 1.82) is 0 Å². The van der Waals surface area contributed by atoms with E-state index in [9.17, 15) is 24.9 Å². The van der Waals surface area contributed by atoms with Crippen molar-refractivity contribution < 1.29 is 24.9 Å². The highest BCUT2D eigenvalue weighted by atomic mass is 16.3. The van der Waals surface area contributed by atoms with Gasteiger partial charge < -0.3 is 15.3 Å². The van der Waals surface area contributed by atoms with Gasteiger partial charge in [-0.25, -0.2) is 14.6 Å². The van der Waals surface area contributed by atoms with Gasteiger partial charge >= 0.3 is 0 Å². The number of rotatable bonds is 6. The molecular formula is C13H14N2O5. The molecule has 0 bridgehead atoms. The lowest BCUT2D eigenvalue weighted by atomic mass is 9.90. The normalized spacial score (nSPS) is 9.80. The molecule has 0 aliphatic rings. The number of isocyanates is 2. The van der Waals surface area contributed by atoms with Crippen molar-refractivity contribution in [1.82, 2.24) is 0 Å². The van der Waals surface area contributed by atoms with Crippen LogP contribution in [0.15, 0.2) is 9.98 Å². The average Bonchev–Trinajstić information content (AvgIpc) is 2.46. The Morgan fingerprint density at radius 2 is 1.50 bits per heavy atom. The van der Waals surface area contributed by atoms with Gasteiger partial charge in [0.1, 0.15) is 0 Å². The van der Waals surface area contributed by atoms with E-state index in [2.05, 4.69) is 9.98 Å². The van der Waals surface area contributed by atoms with Gasteiger partial charge in [0.15, 0.2) is 0 Å². The van der Waals surface area contributed by atoms with E-state index >= 15 is 0 Å². The molecule has 0 aliphatic heterocycles. The fourth-order valence-electron chi connectivity index (χ4n) is 2.15. The van der Waals surface area contributed by atoms with E-state index < -0.39 is 13.2 Å². The number of benzene rings is 1. The molecule has 106 valence electrons. The van der Waals surface area contributed by atoms with Crippen molar-refractivity contribution >= 4 is 17.8 Å². The topological polar surface area (TPSA) is 120 Å². The Bertz CT molecular complexity index is 600. The Kier molecular flexibility index (Phi) is 5.93. The van der Waals surface area contributed by atoms with Crippen LogP contribution in [0.1, 0.15) is 27.8 Å². The fraction of sp³-hybridized carbons (Fsp3) is 0.385. The Hall–Kier alpha value is -2.14. The maximum atomic E-state index is 10.5. The summed E-state index contributed by atoms with van der Waals surface area (Å²) in [7, 11) is 0. The maximum absolute atomic E-state index is 10.5. The molecule has 0 saturated heterocycles. The van der Waals surface area contributed by atoms with Crippen molar-refractivity contribution in [3.63, 3.8) is 0 Å². The predicted octanol–water partition coefficient (Wildman–Crippen LogP) is 0.275. The number of carbonyl (C=O) groups excluding carboxylic acids is 2. The number of aliphatic imine (C=N–C) groups is 2. The van der Waals surface area contributed by atoms with E-state index in [1.165, 1.54) is 12.2 Å². The smallest absolute Gasteiger partial charge is 0.240 e. The van der Waals surface area contributed by atoms with Crippen LogP contribution >= 0.6 is 0 Å². The van der Waals surface area contributed by atoms with Crippen LogP contribution in [0.3, 0.4) is 0 Å². The van der Waals surface area contributed by atoms with E-state index in [4.69, 9.17) is 0 Å². The van der Waals surface area contributed by atoms with Gasteiger partial charge in [-0.2, -0.15) is 4.99 Å². The summed E-state index contributed by atoms with van der Waals surface area (Å²) in [5.74, 6) is 0. The molecule has 0 aromatic heterocycles. The Balaban J connectivity index is 3.79. The standard InChI is InChI=1S/C13H14N2O5/c1-8-9(2-14-6-19)13(15-7-20)12(5-18)11(4-17)10(8)3-16/h16-18H,2-5H2,1H3. The molecular weight excluding hydrogens is 264 g/mol. The van der Waals surface area contributed by atoms with Crippen LogP contribution in [0, 0.1) is 6.92 Å². The van der Waals surface area contributed by atoms with Crippen molar-refractivity contribution in [2.75, 3.05) is 0 Å². The first-order chi connectivity index (χ1) is 9.65. The molecule has 0 saturated carbocycles. The van der Waals surface area contributed by atoms with Crippen LogP contribution in [0.5, 0.6) is 0 Å². The summed E-state index contributed by atoms with van der Waals surface area (Å²) in [6.07, 6.45) is 2.75. The van der Waals surface area contributed by atoms with Crippen molar-refractivity contribution in [3.05, 3.63) is 27.8 Å². The summed E-state index contributed by atoms with van der Waals surface area (Å²) < 4.78 is 0. The molecule has 1 aromatic carbocycles. The van der Waals surface area contributed by atoms with Crippen molar-refractivity contribution in [2.45, 2.75) is 33.3 Å². The first kappa shape index (κ1) is 15.9. The summed E-state index contributed by atoms with van der Waals surface area (Å²) >= 11 is 0. The number of aliphatic hydroxyl groups is 3. The summed E-state index contributed by atoms with van der Waals surface area (Å²) in [5.41, 5.74) is 1.99. The zero-order valence-corrected chi connectivity index (χ0v) is 10.9. The highest BCUT2D eigenvalue weighted by molar-refractivity contribution is 5.66. The van der Waals surface area contributed by atoms with Crippen LogP contribution in [-0.2, 0) is 36.0 Å². The van der Waals surface area contributed by atoms with E-state index in [0.717, 1.165) is 0 Å². The molecule has 0 fully saturated rings. The van der Waals surface area contributed by atoms with Crippen molar-refractivity contribution in [2.24, 2.45) is 9.98 Å². The minimum atomic E-state index is -0.485. The highest BCUT2D eigenvalue weighted by Crippen LogP contribution is 2.35. The second-order valence-electron chi connectivity index (χ2n) is 3.97. The van der Waals surface area contributed by atoms with E-state index in [0.29, 0.717) is 22.3 Å². The van der Waals surface area contributed by atoms with Gasteiger partial charge in [-0.1, -0.05) is 0 Å². The lowest BCUT2D eigenvalue weighted by molar-refractivity contribution is 0.247. The molecule has 7 nitrogen and oxygen atoms in total. The number of nitrogens with zero attached hydrogens (tertiary/aromatic N) is 2. The predicted molar refractivity (Wildman–Crippen MR) is 68.6 cm³/mol. The van der Waals surface area contributed by atoms with Crippen LogP contribution < -0.4 is 0 Å². The minimum Gasteiger partial charge on any atom is -0.392 e. The molecule has 0 spiro atoms. The Labute approximate surface area is 114 Å². The quantitative estimate of drug-likeness (QED) is 0.510. The Morgan fingerprint density at radius 3 is 1.95 bits per heavy atom. The first-order valence-electron chi connectivity index (χ1n) is 5.76. The summed E-state index contributed by atoms with van der Waals surface area (Å²) in [5, 5.41) is 28.2. The molecule has 20 heavy (non-hydrogen) atoms. The van der Waals surface area contributed by atoms with E-state index in [-0.39, 0.29) is 24.4 Å². The van der Waals surface area contributed by atoms with Gasteiger partial charge in [0, 0.05) is 11.1 Å². The average molecular weight is 278 g/mol. The van der Waals surface area contributed by atoms with Crippen molar-refractivity contribution in [3.8, 4) is 0 Å². The van der Waals surface area contributed by atoms with Crippen LogP contribution in [0.4, 0.5) is 5.69 Å². The second kappa shape index (κ2) is 7.45. The van der Waals surface area contributed by atoms with Crippen LogP contribution in [-0.4, -0.2) is 27.5 Å². The summed E-state index contributed by atoms with van der Waals surface area (Å²) in [6.45, 7) is 0.275. The molecule has 0 amide bonds. The number of aliphatic hydroxyl groups excluding tert-OH is 3. The molecule has 3 N–H and O–H groups in total. The molecule has 0 unspecified atom stereocenters. The molecule has 0 radical (unpaired) electrons. The SMILES string of the molecule is Cc1c(CO)c(CO)c(CO)c(N=C=O)c1CN=C=O. The fourth-order valence-corrected chi connectivity index (χ4v) is 2.15. The van der Waals surface area contributed by atoms with Crippen LogP contribution in [0.2, 0.25) is 0 Å². The highest BCUT2D eigenvalue weighted by Gasteiger charge is 2.20. The lowest BCUT2D eigenvalue weighted by Crippen LogP contribution is -2.08. The summed E-state index contributed by atoms with van der Waals surface area (Å²) in [6, 6.07) is 0. The largest absolute Gasteiger partial charge is 0.392 e. The zero-order chi connectivity index (χ0) is 15.1. The van der Waals surface area contributed by atoms with Gasteiger partial charge in [-0.3, -0.25) is 0 Å². The van der Waals surface area contributed by atoms with E-state index in [1.807, 2.05) is 0 Å². The third-order valence-electron chi connectivity index (χ3n) is 3.14. The Morgan fingerprint density at radius 1 is 0.900 bits per heavy atom. The molecule has 0 atom stereocenters. The minimum absolute atomic E-state index is 0.0957. The summed E-state index contributed by atoms with van der Waals surface area (Å²) in [4.78, 5) is 27.8. The first-order valence-corrected chi connectivity index (χ1v) is 5.76. The molecule has 0 heterocycles. The molecule has 7 heteroatoms. The maximum Gasteiger partial charge on any atom is 0.240 e. The van der Waals surface area contributed by atoms with Gasteiger partial charge in [0.05, 0.1) is 32.1 Å². The van der Waals surface area contributed by atoms with Gasteiger partial charge in [-0.15, -0.1) is 0 Å². The third-order valence-corrected chi connectivity index (χ3v) is 3.14.